The van der Waals surface area contributed by atoms with Crippen LogP contribution in [0, 0.1) is 27.7 Å². The zero-order valence-corrected chi connectivity index (χ0v) is 14.9. The van der Waals surface area contributed by atoms with Crippen LogP contribution >= 0.6 is 11.3 Å². The Balaban J connectivity index is 2.16. The Hall–Kier alpha value is -2.20. The van der Waals surface area contributed by atoms with Crippen LogP contribution in [0.5, 0.6) is 0 Å². The summed E-state index contributed by atoms with van der Waals surface area (Å²) in [5.74, 6) is -0.181. The van der Waals surface area contributed by atoms with Gasteiger partial charge in [0.05, 0.1) is 10.2 Å². The number of benzene rings is 2. The summed E-state index contributed by atoms with van der Waals surface area (Å²) in [5.41, 5.74) is 6.35. The Morgan fingerprint density at radius 2 is 1.70 bits per heavy atom. The SMILES string of the molecule is Cc1ccc(C(=O)N=c2sc3c(C)cc(C)cc3n2C)c(C)c1. The van der Waals surface area contributed by atoms with Crippen molar-refractivity contribution in [3.05, 3.63) is 63.0 Å². The van der Waals surface area contributed by atoms with E-state index < -0.39 is 0 Å². The second-order valence-corrected chi connectivity index (χ2v) is 7.09. The molecule has 0 fully saturated rings. The molecule has 0 aliphatic rings. The first kappa shape index (κ1) is 15.7. The van der Waals surface area contributed by atoms with Gasteiger partial charge in [0.1, 0.15) is 0 Å². The van der Waals surface area contributed by atoms with Crippen LogP contribution in [0.4, 0.5) is 0 Å². The number of rotatable bonds is 1. The van der Waals surface area contributed by atoms with Crippen molar-refractivity contribution in [2.75, 3.05) is 0 Å². The topological polar surface area (TPSA) is 34.4 Å². The largest absolute Gasteiger partial charge is 0.319 e. The zero-order valence-electron chi connectivity index (χ0n) is 14.1. The summed E-state index contributed by atoms with van der Waals surface area (Å²) >= 11 is 1.57. The van der Waals surface area contributed by atoms with Crippen molar-refractivity contribution in [3.63, 3.8) is 0 Å². The number of amides is 1. The zero-order chi connectivity index (χ0) is 16.7. The molecule has 3 nitrogen and oxygen atoms in total. The van der Waals surface area contributed by atoms with Crippen molar-refractivity contribution in [2.24, 2.45) is 12.0 Å². The number of aromatic nitrogens is 1. The van der Waals surface area contributed by atoms with Gasteiger partial charge in [-0.2, -0.15) is 4.99 Å². The molecule has 23 heavy (non-hydrogen) atoms. The summed E-state index contributed by atoms with van der Waals surface area (Å²) in [7, 11) is 1.96. The van der Waals surface area contributed by atoms with Gasteiger partial charge in [-0.05, 0) is 56.5 Å². The first-order valence-corrected chi connectivity index (χ1v) is 8.41. The van der Waals surface area contributed by atoms with Crippen molar-refractivity contribution >= 4 is 27.5 Å². The third kappa shape index (κ3) is 2.86. The molecule has 1 aromatic heterocycles. The minimum atomic E-state index is -0.181. The lowest BCUT2D eigenvalue weighted by Crippen LogP contribution is -2.13. The molecule has 118 valence electrons. The first-order valence-electron chi connectivity index (χ1n) is 7.60. The van der Waals surface area contributed by atoms with E-state index in [-0.39, 0.29) is 5.91 Å². The average molecular weight is 324 g/mol. The maximum absolute atomic E-state index is 12.6. The molecule has 3 aromatic rings. The molecule has 0 aliphatic carbocycles. The van der Waals surface area contributed by atoms with Crippen LogP contribution in [-0.2, 0) is 7.05 Å². The molecule has 2 aromatic carbocycles. The Labute approximate surface area is 139 Å². The predicted molar refractivity (Wildman–Crippen MR) is 96.1 cm³/mol. The van der Waals surface area contributed by atoms with E-state index in [1.54, 1.807) is 11.3 Å². The van der Waals surface area contributed by atoms with Gasteiger partial charge in [-0.1, -0.05) is 35.1 Å². The summed E-state index contributed by atoms with van der Waals surface area (Å²) in [6.07, 6.45) is 0. The van der Waals surface area contributed by atoms with E-state index in [0.717, 1.165) is 21.4 Å². The van der Waals surface area contributed by atoms with Gasteiger partial charge in [0, 0.05) is 12.6 Å². The highest BCUT2D eigenvalue weighted by atomic mass is 32.1. The molecule has 0 spiro atoms. The number of aryl methyl sites for hydroxylation is 5. The van der Waals surface area contributed by atoms with Gasteiger partial charge in [0.2, 0.25) is 0 Å². The molecule has 0 radical (unpaired) electrons. The fraction of sp³-hybridized carbons (Fsp3) is 0.263. The van der Waals surface area contributed by atoms with Crippen LogP contribution in [-0.4, -0.2) is 10.5 Å². The smallest absolute Gasteiger partial charge is 0.279 e. The van der Waals surface area contributed by atoms with Crippen LogP contribution in [0.25, 0.3) is 10.2 Å². The Morgan fingerprint density at radius 1 is 1.00 bits per heavy atom. The van der Waals surface area contributed by atoms with Crippen molar-refractivity contribution in [2.45, 2.75) is 27.7 Å². The van der Waals surface area contributed by atoms with Crippen molar-refractivity contribution in [3.8, 4) is 0 Å². The summed E-state index contributed by atoms with van der Waals surface area (Å²) < 4.78 is 3.19. The molecular weight excluding hydrogens is 304 g/mol. The molecule has 4 heteroatoms. The number of hydrogen-bond donors (Lipinski definition) is 0. The molecule has 0 aliphatic heterocycles. The van der Waals surface area contributed by atoms with Gasteiger partial charge < -0.3 is 4.57 Å². The average Bonchev–Trinajstić information content (AvgIpc) is 2.76. The first-order chi connectivity index (χ1) is 10.9. The summed E-state index contributed by atoms with van der Waals surface area (Å²) in [5, 5.41) is 0. The van der Waals surface area contributed by atoms with E-state index in [1.165, 1.54) is 15.8 Å². The van der Waals surface area contributed by atoms with E-state index >= 15 is 0 Å². The van der Waals surface area contributed by atoms with Gasteiger partial charge in [0.25, 0.3) is 5.91 Å². The number of carbonyl (C=O) groups is 1. The van der Waals surface area contributed by atoms with Gasteiger partial charge in [-0.15, -0.1) is 0 Å². The maximum Gasteiger partial charge on any atom is 0.279 e. The van der Waals surface area contributed by atoms with E-state index in [1.807, 2.05) is 43.7 Å². The minimum absolute atomic E-state index is 0.181. The summed E-state index contributed by atoms with van der Waals surface area (Å²) in [6, 6.07) is 10.1. The van der Waals surface area contributed by atoms with Crippen LogP contribution < -0.4 is 4.80 Å². The normalized spacial score (nSPS) is 12.1. The van der Waals surface area contributed by atoms with Gasteiger partial charge in [0.15, 0.2) is 4.80 Å². The fourth-order valence-corrected chi connectivity index (χ4v) is 3.94. The molecule has 0 saturated heterocycles. The van der Waals surface area contributed by atoms with Crippen LogP contribution in [0.3, 0.4) is 0 Å². The molecular formula is C19H20N2OS. The van der Waals surface area contributed by atoms with Gasteiger partial charge in [-0.3, -0.25) is 4.79 Å². The number of thiazole rings is 1. The molecule has 3 rings (SSSR count). The van der Waals surface area contributed by atoms with E-state index in [4.69, 9.17) is 0 Å². The van der Waals surface area contributed by atoms with Gasteiger partial charge in [-0.25, -0.2) is 0 Å². The lowest BCUT2D eigenvalue weighted by Gasteiger charge is -2.02. The Bertz CT molecular complexity index is 993. The van der Waals surface area contributed by atoms with E-state index in [9.17, 15) is 4.79 Å². The van der Waals surface area contributed by atoms with E-state index in [2.05, 4.69) is 31.0 Å². The van der Waals surface area contributed by atoms with Crippen molar-refractivity contribution in [1.82, 2.24) is 4.57 Å². The molecule has 1 heterocycles. The highest BCUT2D eigenvalue weighted by Gasteiger charge is 2.11. The summed E-state index contributed by atoms with van der Waals surface area (Å²) in [6.45, 7) is 8.16. The van der Waals surface area contributed by atoms with Gasteiger partial charge >= 0.3 is 0 Å². The third-order valence-electron chi connectivity index (χ3n) is 4.05. The van der Waals surface area contributed by atoms with Crippen LogP contribution in [0.2, 0.25) is 0 Å². The highest BCUT2D eigenvalue weighted by Crippen LogP contribution is 2.22. The minimum Gasteiger partial charge on any atom is -0.319 e. The number of nitrogens with zero attached hydrogens (tertiary/aromatic N) is 2. The Morgan fingerprint density at radius 3 is 2.39 bits per heavy atom. The van der Waals surface area contributed by atoms with E-state index in [0.29, 0.717) is 5.56 Å². The van der Waals surface area contributed by atoms with Crippen LogP contribution in [0.15, 0.2) is 35.3 Å². The second-order valence-electron chi connectivity index (χ2n) is 6.11. The quantitative estimate of drug-likeness (QED) is 0.660. The molecule has 1 amide bonds. The summed E-state index contributed by atoms with van der Waals surface area (Å²) in [4.78, 5) is 17.7. The monoisotopic (exact) mass is 324 g/mol. The fourth-order valence-electron chi connectivity index (χ4n) is 2.88. The highest BCUT2D eigenvalue weighted by molar-refractivity contribution is 7.16. The number of fused-ring (bicyclic) bond motifs is 1. The standard InChI is InChI=1S/C19H20N2OS/c1-11-6-7-15(13(3)8-11)18(22)20-19-21(5)16-10-12(2)9-14(4)17(16)23-19/h6-10H,1-5H3. The molecule has 0 saturated carbocycles. The Kier molecular flexibility index (Phi) is 3.94. The third-order valence-corrected chi connectivity index (χ3v) is 5.33. The van der Waals surface area contributed by atoms with Crippen molar-refractivity contribution < 1.29 is 4.79 Å². The maximum atomic E-state index is 12.6. The number of carbonyl (C=O) groups excluding carboxylic acids is 1. The van der Waals surface area contributed by atoms with Crippen LogP contribution in [0.1, 0.15) is 32.6 Å². The molecule has 0 bridgehead atoms. The second kappa shape index (κ2) is 5.78. The van der Waals surface area contributed by atoms with Crippen molar-refractivity contribution in [1.29, 1.82) is 0 Å². The molecule has 0 atom stereocenters. The lowest BCUT2D eigenvalue weighted by atomic mass is 10.1. The number of hydrogen-bond acceptors (Lipinski definition) is 2. The lowest BCUT2D eigenvalue weighted by molar-refractivity contribution is 0.0997. The predicted octanol–water partition coefficient (Wildman–Crippen LogP) is 4.21. The molecule has 0 unspecified atom stereocenters. The molecule has 0 N–H and O–H groups in total.